The highest BCUT2D eigenvalue weighted by Gasteiger charge is 2.24. The topological polar surface area (TPSA) is 60.4 Å². The molecule has 1 aromatic carbocycles. The lowest BCUT2D eigenvalue weighted by molar-refractivity contribution is -0.131. The number of carbonyl (C=O) groups is 1. The Kier molecular flexibility index (Phi) is 7.75. The number of hydrogen-bond donors (Lipinski definition) is 1. The van der Waals surface area contributed by atoms with Crippen LogP contribution in [0.5, 0.6) is 5.75 Å². The van der Waals surface area contributed by atoms with Crippen molar-refractivity contribution < 1.29 is 9.53 Å². The largest absolute Gasteiger partial charge is 0.497 e. The Morgan fingerprint density at radius 1 is 1.07 bits per heavy atom. The number of benzene rings is 1. The molecule has 1 amide bonds. The summed E-state index contributed by atoms with van der Waals surface area (Å²) in [4.78, 5) is 23.8. The Hall–Kier alpha value is -2.28. The van der Waals surface area contributed by atoms with Crippen molar-refractivity contribution in [2.45, 2.75) is 33.2 Å². The summed E-state index contributed by atoms with van der Waals surface area (Å²) < 4.78 is 5.38. The van der Waals surface area contributed by atoms with Gasteiger partial charge in [0.05, 0.1) is 20.2 Å². The predicted octanol–water partition coefficient (Wildman–Crippen LogP) is 1.71. The zero-order valence-corrected chi connectivity index (χ0v) is 18.1. The fourth-order valence-corrected chi connectivity index (χ4v) is 4.00. The molecule has 160 valence electrons. The second kappa shape index (κ2) is 10.5. The molecule has 1 aromatic rings. The minimum Gasteiger partial charge on any atom is -0.497 e. The second-order valence-corrected chi connectivity index (χ2v) is 7.88. The molecule has 0 saturated carbocycles. The van der Waals surface area contributed by atoms with Gasteiger partial charge in [-0.15, -0.1) is 0 Å². The Labute approximate surface area is 174 Å². The van der Waals surface area contributed by atoms with E-state index in [1.54, 1.807) is 7.11 Å². The number of ether oxygens (including phenoxy) is 1. The molecule has 0 bridgehead atoms. The molecule has 0 radical (unpaired) electrons. The summed E-state index contributed by atoms with van der Waals surface area (Å²) in [6.07, 6.45) is 2.30. The molecule has 0 atom stereocenters. The maximum Gasteiger partial charge on any atom is 0.236 e. The Morgan fingerprint density at radius 2 is 1.79 bits per heavy atom. The Balaban J connectivity index is 1.55. The zero-order chi connectivity index (χ0) is 20.6. The summed E-state index contributed by atoms with van der Waals surface area (Å²) in [6, 6.07) is 6.22. The van der Waals surface area contributed by atoms with Gasteiger partial charge in [-0.3, -0.25) is 9.69 Å². The first-order valence-corrected chi connectivity index (χ1v) is 10.8. The average Bonchev–Trinajstić information content (AvgIpc) is 3.26. The van der Waals surface area contributed by atoms with Gasteiger partial charge in [0.1, 0.15) is 5.75 Å². The van der Waals surface area contributed by atoms with E-state index in [-0.39, 0.29) is 5.91 Å². The smallest absolute Gasteiger partial charge is 0.236 e. The van der Waals surface area contributed by atoms with Crippen molar-refractivity contribution in [1.29, 1.82) is 0 Å². The van der Waals surface area contributed by atoms with Gasteiger partial charge >= 0.3 is 0 Å². The number of hydrogen-bond acceptors (Lipinski definition) is 4. The number of nitrogens with one attached hydrogen (secondary N) is 1. The van der Waals surface area contributed by atoms with Crippen LogP contribution in [-0.4, -0.2) is 86.0 Å². The van der Waals surface area contributed by atoms with Gasteiger partial charge in [0.2, 0.25) is 5.91 Å². The monoisotopic (exact) mass is 401 g/mol. The summed E-state index contributed by atoms with van der Waals surface area (Å²) in [7, 11) is 1.69. The number of aliphatic imine (C=N–C) groups is 1. The van der Waals surface area contributed by atoms with E-state index in [1.807, 2.05) is 17.0 Å². The zero-order valence-electron chi connectivity index (χ0n) is 18.1. The lowest BCUT2D eigenvalue weighted by atomic mass is 10.1. The van der Waals surface area contributed by atoms with Crippen molar-refractivity contribution in [3.63, 3.8) is 0 Å². The van der Waals surface area contributed by atoms with Gasteiger partial charge in [-0.2, -0.15) is 0 Å². The van der Waals surface area contributed by atoms with Crippen LogP contribution in [0.1, 0.15) is 30.9 Å². The third-order valence-electron chi connectivity index (χ3n) is 5.58. The minimum absolute atomic E-state index is 0.282. The SMILES string of the molecule is CCNC(=NCc1cc(C)cc(OC)c1)N1CCN(CC(=O)N2CCCC2)CC1. The molecular formula is C22H35N5O2. The summed E-state index contributed by atoms with van der Waals surface area (Å²) in [5.74, 6) is 2.10. The standard InChI is InChI=1S/C22H35N5O2/c1-4-23-22(24-16-19-13-18(2)14-20(15-19)29-3)27-11-9-25(10-12-27)17-21(28)26-7-5-6-8-26/h13-15H,4-12,16-17H2,1-3H3,(H,23,24). The quantitative estimate of drug-likeness (QED) is 0.581. The van der Waals surface area contributed by atoms with Gasteiger partial charge in [0.15, 0.2) is 5.96 Å². The highest BCUT2D eigenvalue weighted by Crippen LogP contribution is 2.17. The van der Waals surface area contributed by atoms with Crippen LogP contribution in [0, 0.1) is 6.92 Å². The summed E-state index contributed by atoms with van der Waals surface area (Å²) in [6.45, 7) is 11.6. The number of aryl methyl sites for hydroxylation is 1. The summed E-state index contributed by atoms with van der Waals surface area (Å²) in [5, 5.41) is 3.42. The molecule has 0 unspecified atom stereocenters. The third kappa shape index (κ3) is 6.10. The van der Waals surface area contributed by atoms with Gasteiger partial charge in [0, 0.05) is 45.8 Å². The Morgan fingerprint density at radius 3 is 2.45 bits per heavy atom. The van der Waals surface area contributed by atoms with Crippen LogP contribution in [0.4, 0.5) is 0 Å². The Bertz CT molecular complexity index is 707. The first kappa shape index (κ1) is 21.4. The fraction of sp³-hybridized carbons (Fsp3) is 0.636. The van der Waals surface area contributed by atoms with Crippen LogP contribution < -0.4 is 10.1 Å². The normalized spacial score (nSPS) is 18.2. The van der Waals surface area contributed by atoms with Gasteiger partial charge < -0.3 is 19.9 Å². The molecule has 0 spiro atoms. The van der Waals surface area contributed by atoms with Gasteiger partial charge in [-0.1, -0.05) is 6.07 Å². The van der Waals surface area contributed by atoms with Crippen molar-refractivity contribution in [1.82, 2.24) is 20.0 Å². The van der Waals surface area contributed by atoms with Crippen molar-refractivity contribution in [3.05, 3.63) is 29.3 Å². The molecule has 2 aliphatic heterocycles. The lowest BCUT2D eigenvalue weighted by Gasteiger charge is -2.36. The molecule has 2 fully saturated rings. The number of piperazine rings is 1. The molecule has 29 heavy (non-hydrogen) atoms. The molecule has 0 aliphatic carbocycles. The second-order valence-electron chi connectivity index (χ2n) is 7.88. The number of likely N-dealkylation sites (tertiary alicyclic amines) is 1. The molecule has 2 aliphatic rings. The van der Waals surface area contributed by atoms with Crippen LogP contribution in [0.3, 0.4) is 0 Å². The first-order chi connectivity index (χ1) is 14.1. The highest BCUT2D eigenvalue weighted by atomic mass is 16.5. The van der Waals surface area contributed by atoms with E-state index in [1.165, 1.54) is 5.56 Å². The van der Waals surface area contributed by atoms with Crippen molar-refractivity contribution in [3.8, 4) is 5.75 Å². The van der Waals surface area contributed by atoms with Crippen LogP contribution in [-0.2, 0) is 11.3 Å². The molecule has 2 saturated heterocycles. The maximum absolute atomic E-state index is 12.4. The predicted molar refractivity (Wildman–Crippen MR) is 116 cm³/mol. The van der Waals surface area contributed by atoms with Gasteiger partial charge in [-0.25, -0.2) is 4.99 Å². The van der Waals surface area contributed by atoms with Crippen molar-refractivity contribution in [2.24, 2.45) is 4.99 Å². The number of nitrogens with zero attached hydrogens (tertiary/aromatic N) is 4. The summed E-state index contributed by atoms with van der Waals surface area (Å²) in [5.41, 5.74) is 2.32. The third-order valence-corrected chi connectivity index (χ3v) is 5.58. The van der Waals surface area contributed by atoms with Crippen molar-refractivity contribution in [2.75, 3.05) is 59.5 Å². The molecular weight excluding hydrogens is 366 g/mol. The minimum atomic E-state index is 0.282. The molecule has 7 heteroatoms. The van der Waals surface area contributed by atoms with Crippen molar-refractivity contribution >= 4 is 11.9 Å². The number of methoxy groups -OCH3 is 1. The molecule has 2 heterocycles. The van der Waals surface area contributed by atoms with E-state index in [0.29, 0.717) is 13.1 Å². The lowest BCUT2D eigenvalue weighted by Crippen LogP contribution is -2.54. The number of guanidine groups is 1. The average molecular weight is 402 g/mol. The van der Waals surface area contributed by atoms with Crippen LogP contribution in [0.25, 0.3) is 0 Å². The van der Waals surface area contributed by atoms with Crippen LogP contribution in [0.15, 0.2) is 23.2 Å². The fourth-order valence-electron chi connectivity index (χ4n) is 4.00. The number of amides is 1. The van der Waals surface area contributed by atoms with E-state index in [4.69, 9.17) is 9.73 Å². The van der Waals surface area contributed by atoms with Gasteiger partial charge in [0.25, 0.3) is 0 Å². The number of rotatable bonds is 6. The van der Waals surface area contributed by atoms with Crippen LogP contribution >= 0.6 is 0 Å². The maximum atomic E-state index is 12.4. The van der Waals surface area contributed by atoms with Crippen LogP contribution in [0.2, 0.25) is 0 Å². The van der Waals surface area contributed by atoms with E-state index in [9.17, 15) is 4.79 Å². The number of carbonyl (C=O) groups excluding carboxylic acids is 1. The highest BCUT2D eigenvalue weighted by molar-refractivity contribution is 5.80. The van der Waals surface area contributed by atoms with E-state index >= 15 is 0 Å². The van der Waals surface area contributed by atoms with Gasteiger partial charge in [-0.05, 0) is 49.9 Å². The first-order valence-electron chi connectivity index (χ1n) is 10.8. The molecule has 1 N–H and O–H groups in total. The van der Waals surface area contributed by atoms with E-state index in [0.717, 1.165) is 75.9 Å². The van der Waals surface area contributed by atoms with E-state index < -0.39 is 0 Å². The molecule has 3 rings (SSSR count). The molecule has 0 aromatic heterocycles. The molecule has 7 nitrogen and oxygen atoms in total. The summed E-state index contributed by atoms with van der Waals surface area (Å²) >= 11 is 0. The van der Waals surface area contributed by atoms with E-state index in [2.05, 4.69) is 35.0 Å².